The summed E-state index contributed by atoms with van der Waals surface area (Å²) in [6.07, 6.45) is 4.80. The number of ketones is 1. The second-order valence-electron chi connectivity index (χ2n) is 3.74. The third-order valence-corrected chi connectivity index (χ3v) is 2.21. The largest absolute Gasteiger partial charge is 0.319 e. The molecule has 0 aromatic carbocycles. The zero-order chi connectivity index (χ0) is 10.6. The van der Waals surface area contributed by atoms with Crippen LogP contribution < -0.4 is 5.73 Å². The van der Waals surface area contributed by atoms with E-state index in [2.05, 4.69) is 4.98 Å². The van der Waals surface area contributed by atoms with Crippen LogP contribution in [0, 0.1) is 0 Å². The van der Waals surface area contributed by atoms with E-state index in [1.165, 1.54) is 0 Å². The average Bonchev–Trinajstić information content (AvgIpc) is 2.18. The van der Waals surface area contributed by atoms with Gasteiger partial charge in [0.15, 0.2) is 5.78 Å². The Morgan fingerprint density at radius 1 is 1.64 bits per heavy atom. The van der Waals surface area contributed by atoms with Crippen molar-refractivity contribution >= 4 is 5.78 Å². The Morgan fingerprint density at radius 3 is 2.86 bits per heavy atom. The summed E-state index contributed by atoms with van der Waals surface area (Å²) in [4.78, 5) is 15.8. The summed E-state index contributed by atoms with van der Waals surface area (Å²) in [5.41, 5.74) is 5.75. The molecule has 1 heterocycles. The van der Waals surface area contributed by atoms with Gasteiger partial charge in [-0.3, -0.25) is 9.78 Å². The molecule has 3 nitrogen and oxygen atoms in total. The van der Waals surface area contributed by atoms with Crippen LogP contribution in [-0.2, 0) is 0 Å². The lowest BCUT2D eigenvalue weighted by Crippen LogP contribution is -2.44. The van der Waals surface area contributed by atoms with Crippen molar-refractivity contribution in [3.05, 3.63) is 30.1 Å². The van der Waals surface area contributed by atoms with Gasteiger partial charge in [-0.15, -0.1) is 0 Å². The van der Waals surface area contributed by atoms with Crippen molar-refractivity contribution < 1.29 is 4.79 Å². The van der Waals surface area contributed by atoms with Gasteiger partial charge in [0.05, 0.1) is 5.54 Å². The first kappa shape index (κ1) is 10.9. The second kappa shape index (κ2) is 4.33. The lowest BCUT2D eigenvalue weighted by atomic mass is 9.89. The summed E-state index contributed by atoms with van der Waals surface area (Å²) in [5.74, 6) is -0.0348. The van der Waals surface area contributed by atoms with Crippen LogP contribution in [0.3, 0.4) is 0 Å². The molecule has 0 aliphatic carbocycles. The van der Waals surface area contributed by atoms with Gasteiger partial charge in [-0.25, -0.2) is 0 Å². The van der Waals surface area contributed by atoms with Crippen LogP contribution in [0.1, 0.15) is 37.0 Å². The van der Waals surface area contributed by atoms with Crippen LogP contribution in [0.15, 0.2) is 24.5 Å². The zero-order valence-corrected chi connectivity index (χ0v) is 8.66. The van der Waals surface area contributed by atoms with Crippen LogP contribution in [0.25, 0.3) is 0 Å². The smallest absolute Gasteiger partial charge is 0.183 e. The lowest BCUT2D eigenvalue weighted by Gasteiger charge is -2.21. The van der Waals surface area contributed by atoms with Gasteiger partial charge >= 0.3 is 0 Å². The molecule has 1 rings (SSSR count). The van der Waals surface area contributed by atoms with Crippen LogP contribution in [-0.4, -0.2) is 16.3 Å². The van der Waals surface area contributed by atoms with Crippen molar-refractivity contribution in [3.63, 3.8) is 0 Å². The molecule has 0 radical (unpaired) electrons. The first-order valence-corrected chi connectivity index (χ1v) is 4.81. The van der Waals surface area contributed by atoms with Crippen LogP contribution in [0.5, 0.6) is 0 Å². The van der Waals surface area contributed by atoms with E-state index in [4.69, 9.17) is 5.73 Å². The van der Waals surface area contributed by atoms with Gasteiger partial charge in [-0.2, -0.15) is 0 Å². The quantitative estimate of drug-likeness (QED) is 0.740. The van der Waals surface area contributed by atoms with E-state index in [1.807, 2.05) is 6.92 Å². The average molecular weight is 192 g/mol. The maximum Gasteiger partial charge on any atom is 0.183 e. The maximum absolute atomic E-state index is 11.9. The first-order valence-electron chi connectivity index (χ1n) is 4.81. The number of rotatable bonds is 4. The van der Waals surface area contributed by atoms with E-state index in [1.54, 1.807) is 31.5 Å². The Balaban J connectivity index is 2.85. The van der Waals surface area contributed by atoms with Crippen LogP contribution in [0.4, 0.5) is 0 Å². The number of Topliss-reactive ketones (excluding diaryl/α,β-unsaturated/α-hetero) is 1. The fraction of sp³-hybridized carbons (Fsp3) is 0.455. The van der Waals surface area contributed by atoms with E-state index in [-0.39, 0.29) is 5.78 Å². The minimum Gasteiger partial charge on any atom is -0.319 e. The van der Waals surface area contributed by atoms with Gasteiger partial charge in [0.2, 0.25) is 0 Å². The molecule has 0 aliphatic heterocycles. The molecule has 1 aromatic rings. The standard InChI is InChI=1S/C11H16N2O/c1-3-6-11(2,12)10(14)9-5-4-7-13-8-9/h4-5,7-8H,3,6,12H2,1-2H3. The SMILES string of the molecule is CCCC(C)(N)C(=O)c1cccnc1. The van der Waals surface area contributed by atoms with Crippen molar-refractivity contribution in [2.75, 3.05) is 0 Å². The van der Waals surface area contributed by atoms with E-state index in [0.29, 0.717) is 12.0 Å². The van der Waals surface area contributed by atoms with Crippen molar-refractivity contribution in [1.82, 2.24) is 4.98 Å². The van der Waals surface area contributed by atoms with Gasteiger partial charge in [-0.1, -0.05) is 13.3 Å². The summed E-state index contributed by atoms with van der Waals surface area (Å²) in [7, 11) is 0. The minimum atomic E-state index is -0.766. The molecule has 0 saturated carbocycles. The van der Waals surface area contributed by atoms with Gasteiger partial charge in [0.1, 0.15) is 0 Å². The van der Waals surface area contributed by atoms with Gasteiger partial charge in [0.25, 0.3) is 0 Å². The third kappa shape index (κ3) is 2.39. The summed E-state index contributed by atoms with van der Waals surface area (Å²) < 4.78 is 0. The van der Waals surface area contributed by atoms with Gasteiger partial charge < -0.3 is 5.73 Å². The molecular weight excluding hydrogens is 176 g/mol. The molecule has 2 N–H and O–H groups in total. The molecule has 0 amide bonds. The predicted octanol–water partition coefficient (Wildman–Crippen LogP) is 1.78. The second-order valence-corrected chi connectivity index (χ2v) is 3.74. The van der Waals surface area contributed by atoms with Crippen molar-refractivity contribution in [2.45, 2.75) is 32.2 Å². The molecule has 0 spiro atoms. The molecule has 0 aliphatic rings. The summed E-state index contributed by atoms with van der Waals surface area (Å²) in [6, 6.07) is 3.49. The molecular formula is C11H16N2O. The number of carbonyl (C=O) groups excluding carboxylic acids is 1. The van der Waals surface area contributed by atoms with E-state index >= 15 is 0 Å². The Kier molecular flexibility index (Phi) is 3.36. The van der Waals surface area contributed by atoms with E-state index < -0.39 is 5.54 Å². The van der Waals surface area contributed by atoms with Crippen molar-refractivity contribution in [2.24, 2.45) is 5.73 Å². The molecule has 0 saturated heterocycles. The molecule has 76 valence electrons. The lowest BCUT2D eigenvalue weighted by molar-refractivity contribution is 0.0892. The summed E-state index contributed by atoms with van der Waals surface area (Å²) in [5, 5.41) is 0. The Labute approximate surface area is 84.3 Å². The molecule has 0 bridgehead atoms. The summed E-state index contributed by atoms with van der Waals surface area (Å²) >= 11 is 0. The number of pyridine rings is 1. The highest BCUT2D eigenvalue weighted by molar-refractivity contribution is 6.02. The van der Waals surface area contributed by atoms with Crippen LogP contribution >= 0.6 is 0 Å². The highest BCUT2D eigenvalue weighted by Crippen LogP contribution is 2.15. The number of carbonyl (C=O) groups is 1. The van der Waals surface area contributed by atoms with E-state index in [9.17, 15) is 4.79 Å². The van der Waals surface area contributed by atoms with Gasteiger partial charge in [-0.05, 0) is 25.5 Å². The minimum absolute atomic E-state index is 0.0348. The Hall–Kier alpha value is -1.22. The number of nitrogens with two attached hydrogens (primary N) is 1. The van der Waals surface area contributed by atoms with Crippen LogP contribution in [0.2, 0.25) is 0 Å². The Bertz CT molecular complexity index is 306. The Morgan fingerprint density at radius 2 is 2.36 bits per heavy atom. The van der Waals surface area contributed by atoms with Crippen molar-refractivity contribution in [3.8, 4) is 0 Å². The first-order chi connectivity index (χ1) is 6.58. The van der Waals surface area contributed by atoms with Gasteiger partial charge in [0, 0.05) is 18.0 Å². The number of nitrogens with zero attached hydrogens (tertiary/aromatic N) is 1. The fourth-order valence-electron chi connectivity index (χ4n) is 1.46. The topological polar surface area (TPSA) is 56.0 Å². The highest BCUT2D eigenvalue weighted by atomic mass is 16.1. The number of hydrogen-bond acceptors (Lipinski definition) is 3. The summed E-state index contributed by atoms with van der Waals surface area (Å²) in [6.45, 7) is 3.79. The number of aromatic nitrogens is 1. The fourth-order valence-corrected chi connectivity index (χ4v) is 1.46. The normalized spacial score (nSPS) is 14.8. The third-order valence-electron chi connectivity index (χ3n) is 2.21. The molecule has 1 aromatic heterocycles. The predicted molar refractivity (Wildman–Crippen MR) is 56.1 cm³/mol. The highest BCUT2D eigenvalue weighted by Gasteiger charge is 2.27. The maximum atomic E-state index is 11.9. The molecule has 0 fully saturated rings. The molecule has 3 heteroatoms. The van der Waals surface area contributed by atoms with E-state index in [0.717, 1.165) is 6.42 Å². The molecule has 14 heavy (non-hydrogen) atoms. The zero-order valence-electron chi connectivity index (χ0n) is 8.66. The molecule has 1 unspecified atom stereocenters. The number of hydrogen-bond donors (Lipinski definition) is 1. The van der Waals surface area contributed by atoms with Crippen molar-refractivity contribution in [1.29, 1.82) is 0 Å². The molecule has 1 atom stereocenters. The monoisotopic (exact) mass is 192 g/mol.